The highest BCUT2D eigenvalue weighted by molar-refractivity contribution is 6.30. The van der Waals surface area contributed by atoms with Crippen LogP contribution in [0, 0.1) is 0 Å². The van der Waals surface area contributed by atoms with Crippen LogP contribution < -0.4 is 4.74 Å². The van der Waals surface area contributed by atoms with Gasteiger partial charge in [-0.25, -0.2) is 15.0 Å². The van der Waals surface area contributed by atoms with Gasteiger partial charge in [-0.3, -0.25) is 0 Å². The van der Waals surface area contributed by atoms with Gasteiger partial charge >= 0.3 is 0 Å². The summed E-state index contributed by atoms with van der Waals surface area (Å²) in [5.74, 6) is 1.45. The molecular formula is C12H9ClN4O. The summed E-state index contributed by atoms with van der Waals surface area (Å²) in [6.45, 7) is 0.345. The number of aromatic amines is 1. The van der Waals surface area contributed by atoms with E-state index >= 15 is 0 Å². The second kappa shape index (κ2) is 4.62. The molecule has 2 aromatic heterocycles. The number of halogens is 1. The van der Waals surface area contributed by atoms with Crippen molar-refractivity contribution in [3.05, 3.63) is 47.6 Å². The van der Waals surface area contributed by atoms with Gasteiger partial charge in [0.1, 0.15) is 30.0 Å². The number of benzene rings is 1. The Bertz CT molecular complexity index is 632. The van der Waals surface area contributed by atoms with Gasteiger partial charge in [0.2, 0.25) is 0 Å². The Labute approximate surface area is 108 Å². The van der Waals surface area contributed by atoms with Gasteiger partial charge in [0, 0.05) is 5.02 Å². The Morgan fingerprint density at radius 3 is 2.83 bits per heavy atom. The van der Waals surface area contributed by atoms with Crippen molar-refractivity contribution in [2.75, 3.05) is 0 Å². The van der Waals surface area contributed by atoms with Gasteiger partial charge in [0.05, 0.1) is 6.20 Å². The predicted octanol–water partition coefficient (Wildman–Crippen LogP) is 2.59. The van der Waals surface area contributed by atoms with Crippen LogP contribution in [0.4, 0.5) is 0 Å². The SMILES string of the molecule is Clc1ccc(OCc2nc3ncncc3[nH]2)cc1. The van der Waals surface area contributed by atoms with Crippen LogP contribution in [0.3, 0.4) is 0 Å². The maximum Gasteiger partial charge on any atom is 0.180 e. The number of hydrogen-bond donors (Lipinski definition) is 1. The fourth-order valence-electron chi connectivity index (χ4n) is 1.56. The van der Waals surface area contributed by atoms with Crippen molar-refractivity contribution >= 4 is 22.8 Å². The third-order valence-electron chi connectivity index (χ3n) is 2.40. The van der Waals surface area contributed by atoms with Crippen molar-refractivity contribution in [3.63, 3.8) is 0 Å². The standard InChI is InChI=1S/C12H9ClN4O/c13-8-1-3-9(4-2-8)18-6-11-16-10-5-14-7-15-12(10)17-11/h1-5,7H,6H2,(H,14,15,16,17). The van der Waals surface area contributed by atoms with Crippen molar-refractivity contribution in [1.29, 1.82) is 0 Å². The third-order valence-corrected chi connectivity index (χ3v) is 2.65. The first-order valence-corrected chi connectivity index (χ1v) is 5.72. The lowest BCUT2D eigenvalue weighted by atomic mass is 10.3. The highest BCUT2D eigenvalue weighted by Crippen LogP contribution is 2.16. The number of fused-ring (bicyclic) bond motifs is 1. The van der Waals surface area contributed by atoms with E-state index in [1.54, 1.807) is 18.3 Å². The van der Waals surface area contributed by atoms with Gasteiger partial charge < -0.3 is 9.72 Å². The second-order valence-electron chi connectivity index (χ2n) is 3.69. The van der Waals surface area contributed by atoms with Gasteiger partial charge in [-0.05, 0) is 24.3 Å². The van der Waals surface area contributed by atoms with E-state index in [9.17, 15) is 0 Å². The third kappa shape index (κ3) is 2.26. The minimum atomic E-state index is 0.345. The Balaban J connectivity index is 1.74. The van der Waals surface area contributed by atoms with E-state index in [-0.39, 0.29) is 0 Å². The molecule has 90 valence electrons. The van der Waals surface area contributed by atoms with Crippen molar-refractivity contribution in [1.82, 2.24) is 19.9 Å². The van der Waals surface area contributed by atoms with Crippen LogP contribution in [0.25, 0.3) is 11.2 Å². The number of hydrogen-bond acceptors (Lipinski definition) is 4. The van der Waals surface area contributed by atoms with Crippen LogP contribution in [-0.2, 0) is 6.61 Å². The average molecular weight is 261 g/mol. The van der Waals surface area contributed by atoms with Gasteiger partial charge in [-0.1, -0.05) is 11.6 Å². The smallest absolute Gasteiger partial charge is 0.180 e. The number of H-pyrrole nitrogens is 1. The average Bonchev–Trinajstić information content (AvgIpc) is 2.81. The van der Waals surface area contributed by atoms with E-state index in [0.717, 1.165) is 11.3 Å². The predicted molar refractivity (Wildman–Crippen MR) is 67.5 cm³/mol. The lowest BCUT2D eigenvalue weighted by Gasteiger charge is -2.03. The Hall–Kier alpha value is -2.14. The molecule has 1 N–H and O–H groups in total. The molecule has 6 heteroatoms. The molecule has 0 fully saturated rings. The zero-order chi connectivity index (χ0) is 12.4. The molecule has 2 heterocycles. The fourth-order valence-corrected chi connectivity index (χ4v) is 1.69. The topological polar surface area (TPSA) is 63.7 Å². The summed E-state index contributed by atoms with van der Waals surface area (Å²) >= 11 is 5.79. The number of ether oxygens (including phenoxy) is 1. The second-order valence-corrected chi connectivity index (χ2v) is 4.12. The molecule has 5 nitrogen and oxygen atoms in total. The summed E-state index contributed by atoms with van der Waals surface area (Å²) < 4.78 is 5.58. The lowest BCUT2D eigenvalue weighted by molar-refractivity contribution is 0.297. The Morgan fingerprint density at radius 1 is 1.22 bits per heavy atom. The minimum Gasteiger partial charge on any atom is -0.486 e. The number of nitrogens with one attached hydrogen (secondary N) is 1. The molecule has 18 heavy (non-hydrogen) atoms. The normalized spacial score (nSPS) is 10.7. The molecule has 0 bridgehead atoms. The number of aromatic nitrogens is 4. The molecule has 0 atom stereocenters. The summed E-state index contributed by atoms with van der Waals surface area (Å²) in [4.78, 5) is 15.3. The summed E-state index contributed by atoms with van der Waals surface area (Å²) in [6, 6.07) is 7.18. The first kappa shape index (κ1) is 11.0. The molecular weight excluding hydrogens is 252 g/mol. The van der Waals surface area contributed by atoms with Crippen LogP contribution >= 0.6 is 11.6 Å². The summed E-state index contributed by atoms with van der Waals surface area (Å²) in [6.07, 6.45) is 3.15. The van der Waals surface area contributed by atoms with E-state index < -0.39 is 0 Å². The van der Waals surface area contributed by atoms with Gasteiger partial charge in [0.15, 0.2) is 5.65 Å². The van der Waals surface area contributed by atoms with Crippen LogP contribution in [0.2, 0.25) is 5.02 Å². The van der Waals surface area contributed by atoms with E-state index in [1.165, 1.54) is 6.33 Å². The number of rotatable bonds is 3. The summed E-state index contributed by atoms with van der Waals surface area (Å²) in [5, 5.41) is 0.682. The Kier molecular flexibility index (Phi) is 2.82. The quantitative estimate of drug-likeness (QED) is 0.786. The fraction of sp³-hybridized carbons (Fsp3) is 0.0833. The van der Waals surface area contributed by atoms with Crippen LogP contribution in [0.15, 0.2) is 36.8 Å². The highest BCUT2D eigenvalue weighted by atomic mass is 35.5. The maximum atomic E-state index is 5.79. The first-order chi connectivity index (χ1) is 8.81. The largest absolute Gasteiger partial charge is 0.486 e. The van der Waals surface area contributed by atoms with Gasteiger partial charge in [-0.15, -0.1) is 0 Å². The number of nitrogens with zero attached hydrogens (tertiary/aromatic N) is 3. The van der Waals surface area contributed by atoms with E-state index in [0.29, 0.717) is 23.1 Å². The monoisotopic (exact) mass is 260 g/mol. The highest BCUT2D eigenvalue weighted by Gasteiger charge is 2.04. The molecule has 0 saturated heterocycles. The number of imidazole rings is 1. The molecule has 0 aliphatic heterocycles. The summed E-state index contributed by atoms with van der Waals surface area (Å²) in [5.41, 5.74) is 1.44. The van der Waals surface area contributed by atoms with Crippen molar-refractivity contribution in [2.24, 2.45) is 0 Å². The van der Waals surface area contributed by atoms with E-state index in [2.05, 4.69) is 19.9 Å². The van der Waals surface area contributed by atoms with E-state index in [1.807, 2.05) is 12.1 Å². The maximum absolute atomic E-state index is 5.79. The molecule has 0 spiro atoms. The van der Waals surface area contributed by atoms with Crippen molar-refractivity contribution in [3.8, 4) is 5.75 Å². The van der Waals surface area contributed by atoms with Crippen LogP contribution in [0.1, 0.15) is 5.82 Å². The molecule has 0 saturated carbocycles. The van der Waals surface area contributed by atoms with Crippen molar-refractivity contribution in [2.45, 2.75) is 6.61 Å². The van der Waals surface area contributed by atoms with Crippen LogP contribution in [-0.4, -0.2) is 19.9 Å². The van der Waals surface area contributed by atoms with Gasteiger partial charge in [0.25, 0.3) is 0 Å². The molecule has 0 unspecified atom stereocenters. The zero-order valence-electron chi connectivity index (χ0n) is 9.30. The molecule has 1 aromatic carbocycles. The van der Waals surface area contributed by atoms with E-state index in [4.69, 9.17) is 16.3 Å². The molecule has 3 aromatic rings. The van der Waals surface area contributed by atoms with Gasteiger partial charge in [-0.2, -0.15) is 0 Å². The van der Waals surface area contributed by atoms with Crippen LogP contribution in [0.5, 0.6) is 5.75 Å². The first-order valence-electron chi connectivity index (χ1n) is 5.34. The molecule has 0 aliphatic carbocycles. The molecule has 0 amide bonds. The molecule has 0 aliphatic rings. The Morgan fingerprint density at radius 2 is 2.06 bits per heavy atom. The molecule has 3 rings (SSSR count). The van der Waals surface area contributed by atoms with Crippen molar-refractivity contribution < 1.29 is 4.74 Å². The summed E-state index contributed by atoms with van der Waals surface area (Å²) in [7, 11) is 0. The zero-order valence-corrected chi connectivity index (χ0v) is 10.1. The minimum absolute atomic E-state index is 0.345. The lowest BCUT2D eigenvalue weighted by Crippen LogP contribution is -1.97. The molecule has 0 radical (unpaired) electrons.